The van der Waals surface area contributed by atoms with Crippen LogP contribution in [0.5, 0.6) is 0 Å². The van der Waals surface area contributed by atoms with Crippen LogP contribution >= 0.6 is 11.6 Å². The average molecular weight is 288 g/mol. The highest BCUT2D eigenvalue weighted by Crippen LogP contribution is 2.34. The van der Waals surface area contributed by atoms with Crippen molar-refractivity contribution in [2.75, 3.05) is 0 Å². The number of nitrogens with two attached hydrogens (primary N) is 1. The molecule has 0 radical (unpaired) electrons. The number of benzene rings is 1. The van der Waals surface area contributed by atoms with Crippen LogP contribution in [0.15, 0.2) is 23.1 Å². The number of primary amides is 1. The predicted molar refractivity (Wildman–Crippen MR) is 53.2 cm³/mol. The summed E-state index contributed by atoms with van der Waals surface area (Å²) < 4.78 is 58.7. The minimum absolute atomic E-state index is 0.184. The van der Waals surface area contributed by atoms with E-state index in [1.165, 1.54) is 0 Å². The van der Waals surface area contributed by atoms with Crippen LogP contribution in [0.1, 0.15) is 10.4 Å². The van der Waals surface area contributed by atoms with E-state index in [0.29, 0.717) is 6.07 Å². The molecule has 1 rings (SSSR count). The Kier molecular flexibility index (Phi) is 3.40. The van der Waals surface area contributed by atoms with Crippen molar-refractivity contribution in [2.24, 2.45) is 5.73 Å². The number of hydrogen-bond acceptors (Lipinski definition) is 3. The zero-order chi connectivity index (χ0) is 13.4. The molecule has 9 heteroatoms. The van der Waals surface area contributed by atoms with Gasteiger partial charge in [-0.2, -0.15) is 13.2 Å². The van der Waals surface area contributed by atoms with Gasteiger partial charge in [-0.25, -0.2) is 8.42 Å². The zero-order valence-corrected chi connectivity index (χ0v) is 9.53. The maximum Gasteiger partial charge on any atom is 0.501 e. The first-order valence-corrected chi connectivity index (χ1v) is 5.84. The number of carbonyl (C=O) groups excluding carboxylic acids is 1. The highest BCUT2D eigenvalue weighted by atomic mass is 35.5. The molecule has 1 aromatic carbocycles. The molecule has 0 aromatic heterocycles. The monoisotopic (exact) mass is 287 g/mol. The van der Waals surface area contributed by atoms with Crippen molar-refractivity contribution < 1.29 is 26.4 Å². The summed E-state index contributed by atoms with van der Waals surface area (Å²) in [6.45, 7) is 0. The summed E-state index contributed by atoms with van der Waals surface area (Å²) in [4.78, 5) is 9.59. The highest BCUT2D eigenvalue weighted by Gasteiger charge is 2.47. The van der Waals surface area contributed by atoms with E-state index in [9.17, 15) is 26.4 Å². The number of carbonyl (C=O) groups is 1. The standard InChI is InChI=1S/C8H5ClF3NO3S/c9-5-3-4(7(13)14)1-2-6(5)17(15,16)8(10,11)12/h1-3H,(H2,13,14). The summed E-state index contributed by atoms with van der Waals surface area (Å²) in [5.41, 5.74) is -0.779. The second-order valence-corrected chi connectivity index (χ2v) is 5.28. The van der Waals surface area contributed by atoms with Crippen molar-refractivity contribution in [3.05, 3.63) is 28.8 Å². The minimum atomic E-state index is -5.53. The summed E-state index contributed by atoms with van der Waals surface area (Å²) >= 11 is 5.38. The Morgan fingerprint density at radius 1 is 1.29 bits per heavy atom. The lowest BCUT2D eigenvalue weighted by atomic mass is 10.2. The SMILES string of the molecule is NC(=O)c1ccc(S(=O)(=O)C(F)(F)F)c(Cl)c1. The first-order chi connectivity index (χ1) is 7.57. The molecule has 0 saturated heterocycles. The van der Waals surface area contributed by atoms with E-state index in [1.54, 1.807) is 0 Å². The first-order valence-electron chi connectivity index (χ1n) is 3.98. The van der Waals surface area contributed by atoms with Crippen LogP contribution in [0.4, 0.5) is 13.2 Å². The van der Waals surface area contributed by atoms with Gasteiger partial charge in [0.2, 0.25) is 5.91 Å². The number of rotatable bonds is 2. The zero-order valence-electron chi connectivity index (χ0n) is 7.95. The molecule has 0 unspecified atom stereocenters. The molecule has 1 aromatic rings. The molecule has 0 aliphatic carbocycles. The van der Waals surface area contributed by atoms with E-state index in [0.717, 1.165) is 12.1 Å². The molecule has 4 nitrogen and oxygen atoms in total. The predicted octanol–water partition coefficient (Wildman–Crippen LogP) is 1.73. The molecule has 0 fully saturated rings. The van der Waals surface area contributed by atoms with Crippen molar-refractivity contribution >= 4 is 27.3 Å². The molecule has 0 heterocycles. The number of alkyl halides is 3. The Morgan fingerprint density at radius 2 is 1.82 bits per heavy atom. The van der Waals surface area contributed by atoms with Crippen molar-refractivity contribution in [3.8, 4) is 0 Å². The molecule has 17 heavy (non-hydrogen) atoms. The minimum Gasteiger partial charge on any atom is -0.366 e. The summed E-state index contributed by atoms with van der Waals surface area (Å²) in [6, 6.07) is 2.21. The van der Waals surface area contributed by atoms with Gasteiger partial charge in [-0.1, -0.05) is 11.6 Å². The van der Waals surface area contributed by atoms with Crippen LogP contribution < -0.4 is 5.73 Å². The fourth-order valence-electron chi connectivity index (χ4n) is 0.997. The van der Waals surface area contributed by atoms with Gasteiger partial charge in [0.05, 0.1) is 9.92 Å². The van der Waals surface area contributed by atoms with Gasteiger partial charge in [0.25, 0.3) is 9.84 Å². The Hall–Kier alpha value is -1.28. The van der Waals surface area contributed by atoms with Gasteiger partial charge in [-0.15, -0.1) is 0 Å². The Balaban J connectivity index is 3.42. The van der Waals surface area contributed by atoms with Gasteiger partial charge in [-0.3, -0.25) is 4.79 Å². The van der Waals surface area contributed by atoms with Crippen LogP contribution in [0.3, 0.4) is 0 Å². The van der Waals surface area contributed by atoms with E-state index in [4.69, 9.17) is 17.3 Å². The smallest absolute Gasteiger partial charge is 0.366 e. The fraction of sp³-hybridized carbons (Fsp3) is 0.125. The van der Waals surface area contributed by atoms with E-state index >= 15 is 0 Å². The molecule has 1 amide bonds. The molecule has 94 valence electrons. The first kappa shape index (κ1) is 13.8. The van der Waals surface area contributed by atoms with Crippen molar-refractivity contribution in [3.63, 3.8) is 0 Å². The second-order valence-electron chi connectivity index (χ2n) is 2.96. The van der Waals surface area contributed by atoms with Crippen LogP contribution in [0, 0.1) is 0 Å². The number of sulfone groups is 1. The van der Waals surface area contributed by atoms with E-state index in [-0.39, 0.29) is 5.56 Å². The lowest BCUT2D eigenvalue weighted by Gasteiger charge is -2.09. The Labute approximate surface area is 99.1 Å². The molecule has 0 spiro atoms. The third-order valence-electron chi connectivity index (χ3n) is 1.81. The molecule has 0 atom stereocenters. The molecule has 2 N–H and O–H groups in total. The van der Waals surface area contributed by atoms with Crippen LogP contribution in [0.25, 0.3) is 0 Å². The maximum atomic E-state index is 12.2. The third-order valence-corrected chi connectivity index (χ3v) is 3.78. The van der Waals surface area contributed by atoms with Gasteiger partial charge in [-0.05, 0) is 18.2 Å². The normalized spacial score (nSPS) is 12.5. The lowest BCUT2D eigenvalue weighted by molar-refractivity contribution is -0.0436. The highest BCUT2D eigenvalue weighted by molar-refractivity contribution is 7.92. The second kappa shape index (κ2) is 4.19. The Bertz CT molecular complexity index is 568. The van der Waals surface area contributed by atoms with Crippen LogP contribution in [-0.4, -0.2) is 19.8 Å². The topological polar surface area (TPSA) is 77.2 Å². The van der Waals surface area contributed by atoms with E-state index in [1.807, 2.05) is 0 Å². The molecule has 0 aliphatic heterocycles. The summed E-state index contributed by atoms with van der Waals surface area (Å²) in [6.07, 6.45) is 0. The van der Waals surface area contributed by atoms with Crippen LogP contribution in [0.2, 0.25) is 5.02 Å². The van der Waals surface area contributed by atoms with Gasteiger partial charge in [0.15, 0.2) is 0 Å². The van der Waals surface area contributed by atoms with Gasteiger partial charge < -0.3 is 5.73 Å². The van der Waals surface area contributed by atoms with E-state index < -0.39 is 31.2 Å². The molecule has 0 saturated carbocycles. The fourth-order valence-corrected chi connectivity index (χ4v) is 2.29. The number of amides is 1. The lowest BCUT2D eigenvalue weighted by Crippen LogP contribution is -2.23. The quantitative estimate of drug-likeness (QED) is 0.900. The largest absolute Gasteiger partial charge is 0.501 e. The summed E-state index contributed by atoms with van der Waals surface area (Å²) in [5, 5.41) is -0.710. The van der Waals surface area contributed by atoms with Gasteiger partial charge >= 0.3 is 5.51 Å². The van der Waals surface area contributed by atoms with Gasteiger partial charge in [0.1, 0.15) is 0 Å². The molecule has 0 aliphatic rings. The molecule has 0 bridgehead atoms. The van der Waals surface area contributed by atoms with E-state index in [2.05, 4.69) is 0 Å². The number of halogens is 4. The third kappa shape index (κ3) is 2.52. The van der Waals surface area contributed by atoms with Gasteiger partial charge in [0, 0.05) is 5.56 Å². The van der Waals surface area contributed by atoms with Crippen molar-refractivity contribution in [1.82, 2.24) is 0 Å². The summed E-state index contributed by atoms with van der Waals surface area (Å²) in [5.74, 6) is -0.928. The van der Waals surface area contributed by atoms with Crippen molar-refractivity contribution in [1.29, 1.82) is 0 Å². The maximum absolute atomic E-state index is 12.2. The number of hydrogen-bond donors (Lipinski definition) is 1. The summed E-state index contributed by atoms with van der Waals surface area (Å²) in [7, 11) is -5.53. The van der Waals surface area contributed by atoms with Crippen LogP contribution in [-0.2, 0) is 9.84 Å². The molecular formula is C8H5ClF3NO3S. The molecular weight excluding hydrogens is 283 g/mol. The Morgan fingerprint density at radius 3 is 2.18 bits per heavy atom. The van der Waals surface area contributed by atoms with Crippen molar-refractivity contribution in [2.45, 2.75) is 10.4 Å². The average Bonchev–Trinajstić information content (AvgIpc) is 2.15.